The summed E-state index contributed by atoms with van der Waals surface area (Å²) in [5, 5.41) is 7.49. The van der Waals surface area contributed by atoms with Crippen LogP contribution in [0.25, 0.3) is 10.4 Å². The molecule has 2 aliphatic rings. The minimum absolute atomic E-state index is 0.338. The highest BCUT2D eigenvalue weighted by molar-refractivity contribution is 6.36. The number of nitrogens with zero attached hydrogens (tertiary/aromatic N) is 4. The van der Waals surface area contributed by atoms with E-state index in [1.54, 1.807) is 6.92 Å². The van der Waals surface area contributed by atoms with Crippen LogP contribution >= 0.6 is 0 Å². The lowest BCUT2D eigenvalue weighted by Crippen LogP contribution is -2.36. The van der Waals surface area contributed by atoms with Crippen LogP contribution in [0.3, 0.4) is 0 Å². The smallest absolute Gasteiger partial charge is 0.356 e. The minimum atomic E-state index is -0.379. The molecule has 0 atom stereocenters. The Morgan fingerprint density at radius 3 is 3.00 bits per heavy atom. The maximum Gasteiger partial charge on any atom is 0.356 e. The van der Waals surface area contributed by atoms with Gasteiger partial charge in [0.1, 0.15) is 5.60 Å². The van der Waals surface area contributed by atoms with Crippen molar-refractivity contribution in [3.05, 3.63) is 10.4 Å². The van der Waals surface area contributed by atoms with Crippen LogP contribution < -0.4 is 0 Å². The quantitative estimate of drug-likeness (QED) is 0.338. The molecule has 0 bridgehead atoms. The van der Waals surface area contributed by atoms with Crippen molar-refractivity contribution >= 4 is 11.7 Å². The first kappa shape index (κ1) is 13.7. The molecule has 7 nitrogen and oxygen atoms in total. The van der Waals surface area contributed by atoms with Crippen LogP contribution in [0.2, 0.25) is 0 Å². The third-order valence-corrected chi connectivity index (χ3v) is 3.77. The molecule has 0 N–H and O–H groups in total. The van der Waals surface area contributed by atoms with Crippen molar-refractivity contribution < 1.29 is 14.4 Å². The summed E-state index contributed by atoms with van der Waals surface area (Å²) in [4.78, 5) is 19.9. The van der Waals surface area contributed by atoms with Crippen molar-refractivity contribution in [2.75, 3.05) is 13.2 Å². The fraction of sp³-hybridized carbons (Fsp3) is 0.833. The molecule has 104 valence electrons. The van der Waals surface area contributed by atoms with Gasteiger partial charge in [0.15, 0.2) is 5.71 Å². The molecule has 0 saturated heterocycles. The molecule has 19 heavy (non-hydrogen) atoms. The van der Waals surface area contributed by atoms with Crippen molar-refractivity contribution in [3.63, 3.8) is 0 Å². The largest absolute Gasteiger partial charge is 0.461 e. The minimum Gasteiger partial charge on any atom is -0.461 e. The van der Waals surface area contributed by atoms with E-state index in [1.165, 1.54) is 0 Å². The van der Waals surface area contributed by atoms with E-state index in [4.69, 9.17) is 15.1 Å². The fourth-order valence-corrected chi connectivity index (χ4v) is 2.65. The van der Waals surface area contributed by atoms with Crippen LogP contribution in [-0.4, -0.2) is 30.4 Å². The number of carbonyl (C=O) groups excluding carboxylic acids is 1. The van der Waals surface area contributed by atoms with Gasteiger partial charge >= 0.3 is 5.97 Å². The molecule has 1 spiro atoms. The van der Waals surface area contributed by atoms with Gasteiger partial charge in [-0.15, -0.1) is 0 Å². The van der Waals surface area contributed by atoms with Crippen LogP contribution in [0, 0.1) is 5.92 Å². The Hall–Kier alpha value is -1.75. The van der Waals surface area contributed by atoms with Crippen molar-refractivity contribution in [2.24, 2.45) is 16.2 Å². The van der Waals surface area contributed by atoms with Crippen LogP contribution in [0.1, 0.15) is 39.0 Å². The van der Waals surface area contributed by atoms with Gasteiger partial charge in [-0.3, -0.25) is 0 Å². The predicted octanol–water partition coefficient (Wildman–Crippen LogP) is 2.57. The summed E-state index contributed by atoms with van der Waals surface area (Å²) in [6.45, 7) is 2.65. The molecule has 0 aromatic carbocycles. The number of hydrogen-bond donors (Lipinski definition) is 0. The normalized spacial score (nSPS) is 29.3. The predicted molar refractivity (Wildman–Crippen MR) is 68.5 cm³/mol. The van der Waals surface area contributed by atoms with E-state index in [9.17, 15) is 4.79 Å². The van der Waals surface area contributed by atoms with Crippen LogP contribution in [0.5, 0.6) is 0 Å². The van der Waals surface area contributed by atoms with Gasteiger partial charge < -0.3 is 9.57 Å². The second kappa shape index (κ2) is 5.93. The third kappa shape index (κ3) is 3.17. The highest BCUT2D eigenvalue weighted by Crippen LogP contribution is 2.40. The number of ether oxygens (including phenoxy) is 1. The Morgan fingerprint density at radius 1 is 1.63 bits per heavy atom. The number of rotatable bonds is 4. The zero-order valence-electron chi connectivity index (χ0n) is 11.0. The number of esters is 1. The second-order valence-corrected chi connectivity index (χ2v) is 5.07. The molecule has 2 rings (SSSR count). The van der Waals surface area contributed by atoms with E-state index in [1.807, 2.05) is 0 Å². The summed E-state index contributed by atoms with van der Waals surface area (Å²) < 4.78 is 4.93. The second-order valence-electron chi connectivity index (χ2n) is 5.07. The molecule has 0 unspecified atom stereocenters. The fourth-order valence-electron chi connectivity index (χ4n) is 2.65. The third-order valence-electron chi connectivity index (χ3n) is 3.77. The van der Waals surface area contributed by atoms with Crippen molar-refractivity contribution in [3.8, 4) is 0 Å². The van der Waals surface area contributed by atoms with Gasteiger partial charge in [-0.2, -0.15) is 0 Å². The average molecular weight is 266 g/mol. The van der Waals surface area contributed by atoms with E-state index < -0.39 is 0 Å². The number of carbonyl (C=O) groups is 1. The molecule has 1 heterocycles. The zero-order chi connectivity index (χ0) is 13.7. The summed E-state index contributed by atoms with van der Waals surface area (Å²) in [5.41, 5.74) is 8.36. The SMILES string of the molecule is CCOC(=O)C1=NOC2(CCC(CN=[N+]=[N-])CC2)C1. The lowest BCUT2D eigenvalue weighted by atomic mass is 9.76. The van der Waals surface area contributed by atoms with E-state index in [0.717, 1.165) is 25.7 Å². The van der Waals surface area contributed by atoms with Crippen molar-refractivity contribution in [1.82, 2.24) is 0 Å². The van der Waals surface area contributed by atoms with Gasteiger partial charge in [0.25, 0.3) is 0 Å². The maximum absolute atomic E-state index is 11.6. The molecule has 1 fully saturated rings. The highest BCUT2D eigenvalue weighted by atomic mass is 16.7. The van der Waals surface area contributed by atoms with E-state index in [2.05, 4.69) is 15.2 Å². The molecule has 0 aromatic heterocycles. The topological polar surface area (TPSA) is 96.6 Å². The highest BCUT2D eigenvalue weighted by Gasteiger charge is 2.44. The standard InChI is InChI=1S/C12H18N4O3/c1-2-18-11(17)10-7-12(19-15-10)5-3-9(4-6-12)8-14-16-13/h9H,2-8H2,1H3. The average Bonchev–Trinajstić information content (AvgIpc) is 2.83. The molecule has 0 radical (unpaired) electrons. The summed E-state index contributed by atoms with van der Waals surface area (Å²) >= 11 is 0. The van der Waals surface area contributed by atoms with E-state index in [-0.39, 0.29) is 11.6 Å². The monoisotopic (exact) mass is 266 g/mol. The molecular formula is C12H18N4O3. The summed E-state index contributed by atoms with van der Waals surface area (Å²) in [7, 11) is 0. The van der Waals surface area contributed by atoms with Crippen molar-refractivity contribution in [2.45, 2.75) is 44.6 Å². The molecule has 1 saturated carbocycles. The number of oxime groups is 1. The first-order valence-electron chi connectivity index (χ1n) is 6.62. The Kier molecular flexibility index (Phi) is 4.27. The first-order valence-corrected chi connectivity index (χ1v) is 6.62. The molecule has 0 amide bonds. The first-order chi connectivity index (χ1) is 9.19. The summed E-state index contributed by atoms with van der Waals surface area (Å²) in [5.74, 6) is 0.0346. The summed E-state index contributed by atoms with van der Waals surface area (Å²) in [6.07, 6.45) is 4.07. The van der Waals surface area contributed by atoms with Crippen LogP contribution in [-0.2, 0) is 14.4 Å². The molecule has 1 aliphatic carbocycles. The van der Waals surface area contributed by atoms with Gasteiger partial charge in [0, 0.05) is 17.9 Å². The van der Waals surface area contributed by atoms with E-state index in [0.29, 0.717) is 31.2 Å². The summed E-state index contributed by atoms with van der Waals surface area (Å²) in [6, 6.07) is 0. The Labute approximate surface area is 111 Å². The van der Waals surface area contributed by atoms with E-state index >= 15 is 0 Å². The Morgan fingerprint density at radius 2 is 2.37 bits per heavy atom. The Bertz CT molecular complexity index is 421. The molecule has 1 aliphatic heterocycles. The number of hydrogen-bond acceptors (Lipinski definition) is 5. The van der Waals surface area contributed by atoms with Crippen molar-refractivity contribution in [1.29, 1.82) is 0 Å². The Balaban J connectivity index is 1.85. The van der Waals surface area contributed by atoms with Gasteiger partial charge in [-0.25, -0.2) is 4.79 Å². The van der Waals surface area contributed by atoms with Crippen LogP contribution in [0.15, 0.2) is 10.3 Å². The van der Waals surface area contributed by atoms with Gasteiger partial charge in [-0.05, 0) is 44.1 Å². The molecule has 0 aromatic rings. The zero-order valence-corrected chi connectivity index (χ0v) is 11.0. The molecular weight excluding hydrogens is 248 g/mol. The molecule has 7 heteroatoms. The van der Waals surface area contributed by atoms with Crippen LogP contribution in [0.4, 0.5) is 0 Å². The van der Waals surface area contributed by atoms with Gasteiger partial charge in [0.2, 0.25) is 0 Å². The van der Waals surface area contributed by atoms with Gasteiger partial charge in [-0.1, -0.05) is 10.3 Å². The lowest BCUT2D eigenvalue weighted by molar-refractivity contribution is -0.135. The maximum atomic E-state index is 11.6. The lowest BCUT2D eigenvalue weighted by Gasteiger charge is -2.34. The van der Waals surface area contributed by atoms with Gasteiger partial charge in [0.05, 0.1) is 6.61 Å². The number of azide groups is 1.